The molecule has 2 aliphatic rings. The van der Waals surface area contributed by atoms with E-state index in [0.717, 1.165) is 19.3 Å². The fraction of sp³-hybridized carbons (Fsp3) is 0.742. The van der Waals surface area contributed by atoms with Crippen molar-refractivity contribution in [3.05, 3.63) is 42.5 Å². The highest BCUT2D eigenvalue weighted by Gasteiger charge is 2.53. The summed E-state index contributed by atoms with van der Waals surface area (Å²) in [5.41, 5.74) is 0. The third-order valence-electron chi connectivity index (χ3n) is 8.99. The first-order valence-corrected chi connectivity index (χ1v) is 19.2. The van der Waals surface area contributed by atoms with Crippen LogP contribution in [0.2, 0.25) is 18.1 Å². The lowest BCUT2D eigenvalue weighted by Crippen LogP contribution is -2.53. The van der Waals surface area contributed by atoms with Gasteiger partial charge in [0.1, 0.15) is 5.25 Å². The predicted octanol–water partition coefficient (Wildman–Crippen LogP) is 6.48. The maximum atomic E-state index is 14.4. The van der Waals surface area contributed by atoms with Gasteiger partial charge in [-0.25, -0.2) is 8.42 Å². The number of methoxy groups -OCH3 is 1. The summed E-state index contributed by atoms with van der Waals surface area (Å²) in [5.74, 6) is -1.44. The van der Waals surface area contributed by atoms with Crippen LogP contribution in [0, 0.1) is 11.8 Å². The molecular formula is C31H52O7SSi. The summed E-state index contributed by atoms with van der Waals surface area (Å²) in [6.45, 7) is 16.6. The van der Waals surface area contributed by atoms with Gasteiger partial charge >= 0.3 is 0 Å². The number of aliphatic hydroxyl groups is 1. The van der Waals surface area contributed by atoms with Gasteiger partial charge in [0, 0.05) is 25.4 Å². The summed E-state index contributed by atoms with van der Waals surface area (Å²) in [4.78, 5) is 0.211. The molecule has 40 heavy (non-hydrogen) atoms. The highest BCUT2D eigenvalue weighted by atomic mass is 32.2. The van der Waals surface area contributed by atoms with Crippen LogP contribution in [-0.2, 0) is 28.5 Å². The monoisotopic (exact) mass is 596 g/mol. The van der Waals surface area contributed by atoms with E-state index in [1.807, 2.05) is 26.0 Å². The van der Waals surface area contributed by atoms with E-state index < -0.39 is 53.6 Å². The molecule has 228 valence electrons. The molecule has 0 amide bonds. The summed E-state index contributed by atoms with van der Waals surface area (Å²) in [5, 5.41) is 11.0. The Bertz CT molecular complexity index is 1080. The van der Waals surface area contributed by atoms with Gasteiger partial charge in [0.2, 0.25) is 0 Å². The van der Waals surface area contributed by atoms with E-state index in [9.17, 15) is 13.5 Å². The molecule has 1 aromatic carbocycles. The molecule has 1 N–H and O–H groups in total. The lowest BCUT2D eigenvalue weighted by atomic mass is 9.85. The smallest absolute Gasteiger partial charge is 0.192 e. The molecule has 9 heteroatoms. The van der Waals surface area contributed by atoms with Crippen molar-refractivity contribution in [2.75, 3.05) is 7.11 Å². The minimum absolute atomic E-state index is 0.0834. The summed E-state index contributed by atoms with van der Waals surface area (Å²) in [7, 11) is -4.67. The number of allylic oxidation sites excluding steroid dienone is 1. The molecule has 7 atom stereocenters. The molecule has 1 saturated heterocycles. The number of benzene rings is 1. The number of ether oxygens (including phenoxy) is 3. The van der Waals surface area contributed by atoms with E-state index >= 15 is 0 Å². The van der Waals surface area contributed by atoms with Gasteiger partial charge in [0.25, 0.3) is 0 Å². The van der Waals surface area contributed by atoms with Crippen LogP contribution in [0.3, 0.4) is 0 Å². The van der Waals surface area contributed by atoms with E-state index in [0.29, 0.717) is 12.8 Å². The van der Waals surface area contributed by atoms with E-state index in [-0.39, 0.29) is 22.0 Å². The van der Waals surface area contributed by atoms with E-state index in [1.54, 1.807) is 37.4 Å². The maximum Gasteiger partial charge on any atom is 0.192 e. The zero-order chi connectivity index (χ0) is 29.9. The molecule has 1 heterocycles. The molecule has 1 aliphatic heterocycles. The molecule has 0 spiro atoms. The van der Waals surface area contributed by atoms with Crippen LogP contribution in [0.4, 0.5) is 0 Å². The summed E-state index contributed by atoms with van der Waals surface area (Å²) < 4.78 is 53.2. The van der Waals surface area contributed by atoms with Gasteiger partial charge < -0.3 is 23.7 Å². The Labute approximate surface area is 243 Å². The summed E-state index contributed by atoms with van der Waals surface area (Å²) >= 11 is 0. The highest BCUT2D eigenvalue weighted by molar-refractivity contribution is 7.92. The van der Waals surface area contributed by atoms with Crippen LogP contribution in [0.5, 0.6) is 0 Å². The molecule has 0 radical (unpaired) electrons. The third-order valence-corrected chi connectivity index (χ3v) is 15.7. The lowest BCUT2D eigenvalue weighted by Gasteiger charge is -2.43. The zero-order valence-corrected chi connectivity index (χ0v) is 27.7. The lowest BCUT2D eigenvalue weighted by molar-refractivity contribution is -0.277. The largest absolute Gasteiger partial charge is 0.411 e. The molecule has 0 saturated carbocycles. The second-order valence-electron chi connectivity index (χ2n) is 13.3. The molecule has 1 aliphatic carbocycles. The fourth-order valence-corrected chi connectivity index (χ4v) is 8.94. The van der Waals surface area contributed by atoms with Crippen molar-refractivity contribution in [3.63, 3.8) is 0 Å². The van der Waals surface area contributed by atoms with Crippen LogP contribution in [-0.4, -0.2) is 64.6 Å². The predicted molar refractivity (Wildman–Crippen MR) is 161 cm³/mol. The maximum absolute atomic E-state index is 14.4. The highest BCUT2D eigenvalue weighted by Crippen LogP contribution is 2.46. The zero-order valence-electron chi connectivity index (χ0n) is 25.9. The van der Waals surface area contributed by atoms with Gasteiger partial charge in [0.15, 0.2) is 30.2 Å². The van der Waals surface area contributed by atoms with Crippen molar-refractivity contribution in [1.29, 1.82) is 0 Å². The molecule has 1 fully saturated rings. The van der Waals surface area contributed by atoms with E-state index in [2.05, 4.69) is 40.8 Å². The van der Waals surface area contributed by atoms with Gasteiger partial charge in [-0.1, -0.05) is 77.3 Å². The summed E-state index contributed by atoms with van der Waals surface area (Å²) in [6, 6.07) is 8.48. The number of rotatable bonds is 14. The molecule has 0 aromatic heterocycles. The second kappa shape index (κ2) is 13.1. The number of hydrogen-bond acceptors (Lipinski definition) is 7. The van der Waals surface area contributed by atoms with Crippen molar-refractivity contribution < 1.29 is 32.2 Å². The quantitative estimate of drug-likeness (QED) is 0.114. The fourth-order valence-electron chi connectivity index (χ4n) is 5.47. The Kier molecular flexibility index (Phi) is 10.9. The van der Waals surface area contributed by atoms with Gasteiger partial charge in [-0.05, 0) is 50.5 Å². The average molecular weight is 597 g/mol. The van der Waals surface area contributed by atoms with Crippen molar-refractivity contribution >= 4 is 18.2 Å². The van der Waals surface area contributed by atoms with Crippen LogP contribution < -0.4 is 0 Å². The Morgan fingerprint density at radius 2 is 1.73 bits per heavy atom. The first kappa shape index (κ1) is 33.4. The molecule has 1 aromatic rings. The topological polar surface area (TPSA) is 91.3 Å². The van der Waals surface area contributed by atoms with Gasteiger partial charge in [-0.15, -0.1) is 0 Å². The Morgan fingerprint density at radius 3 is 2.30 bits per heavy atom. The normalized spacial score (nSPS) is 26.1. The molecule has 4 unspecified atom stereocenters. The molecular weight excluding hydrogens is 544 g/mol. The number of hydrogen-bond donors (Lipinski definition) is 1. The SMILES string of the molecule is CCCCCC(O[Si](C)(C)C(C)(C)C)C(O)C([C@@H]1C=C[C@@H]2OC(OC(C)(C)OC)C[C@@H]21)S(=O)(=O)c1ccccc1. The van der Waals surface area contributed by atoms with Crippen LogP contribution in [0.1, 0.15) is 73.6 Å². The van der Waals surface area contributed by atoms with Crippen molar-refractivity contribution in [2.45, 2.75) is 132 Å². The van der Waals surface area contributed by atoms with E-state index in [1.165, 1.54) is 0 Å². The second-order valence-corrected chi connectivity index (χ2v) is 20.2. The Morgan fingerprint density at radius 1 is 1.07 bits per heavy atom. The summed E-state index contributed by atoms with van der Waals surface area (Å²) in [6.07, 6.45) is 5.24. The van der Waals surface area contributed by atoms with Crippen molar-refractivity contribution in [1.82, 2.24) is 0 Å². The van der Waals surface area contributed by atoms with Crippen LogP contribution >= 0.6 is 0 Å². The average Bonchev–Trinajstić information content (AvgIpc) is 3.43. The minimum Gasteiger partial charge on any atom is -0.411 e. The minimum atomic E-state index is -3.93. The first-order chi connectivity index (χ1) is 18.5. The number of aliphatic hydroxyl groups excluding tert-OH is 1. The Hall–Kier alpha value is -1.07. The van der Waals surface area contributed by atoms with Gasteiger partial charge in [0.05, 0.1) is 23.2 Å². The number of unbranched alkanes of at least 4 members (excludes halogenated alkanes) is 2. The standard InChI is InChI=1S/C31H52O7SSi/c1-10-11-13-18-26(38-40(8,9)30(2,3)4)28(32)29(39(33,34)22-16-14-12-15-17-22)23-19-20-25-24(23)21-27(36-25)37-31(5,6)35-7/h12,14-17,19-20,23-29,32H,10-11,13,18,21H2,1-9H3/t23-,24-,25+,26?,27?,28?,29?/m1/s1. The number of fused-ring (bicyclic) bond motifs is 1. The first-order valence-electron chi connectivity index (χ1n) is 14.8. The van der Waals surface area contributed by atoms with Gasteiger partial charge in [-0.3, -0.25) is 0 Å². The molecule has 3 rings (SSSR count). The third kappa shape index (κ3) is 7.65. The van der Waals surface area contributed by atoms with Crippen molar-refractivity contribution in [2.24, 2.45) is 11.8 Å². The van der Waals surface area contributed by atoms with E-state index in [4.69, 9.17) is 18.6 Å². The van der Waals surface area contributed by atoms with Gasteiger partial charge in [-0.2, -0.15) is 0 Å². The Balaban J connectivity index is 2.01. The number of sulfone groups is 1. The van der Waals surface area contributed by atoms with Crippen LogP contribution in [0.15, 0.2) is 47.4 Å². The molecule has 0 bridgehead atoms. The van der Waals surface area contributed by atoms with Crippen molar-refractivity contribution in [3.8, 4) is 0 Å². The van der Waals surface area contributed by atoms with Crippen LogP contribution in [0.25, 0.3) is 0 Å². The molecule has 7 nitrogen and oxygen atoms in total.